The molecule has 14 heavy (non-hydrogen) atoms. The van der Waals surface area contributed by atoms with Crippen molar-refractivity contribution < 1.29 is 9.18 Å². The monoisotopic (exact) mass is 258 g/mol. The van der Waals surface area contributed by atoms with Gasteiger partial charge in [0, 0.05) is 12.0 Å². The van der Waals surface area contributed by atoms with Crippen LogP contribution in [0.4, 0.5) is 4.39 Å². The fourth-order valence-corrected chi connectivity index (χ4v) is 1.51. The van der Waals surface area contributed by atoms with Gasteiger partial charge in [0.2, 0.25) is 0 Å². The highest BCUT2D eigenvalue weighted by Gasteiger charge is 2.06. The molecule has 0 aromatic heterocycles. The lowest BCUT2D eigenvalue weighted by atomic mass is 10.1. The van der Waals surface area contributed by atoms with Crippen LogP contribution in [0.15, 0.2) is 30.3 Å². The number of halogens is 2. The minimum atomic E-state index is -0.994. The van der Waals surface area contributed by atoms with Crippen molar-refractivity contribution in [2.45, 2.75) is 24.3 Å². The van der Waals surface area contributed by atoms with Crippen LogP contribution in [0, 0.1) is 0 Å². The average molecular weight is 259 g/mol. The number of carbonyl (C=O) groups excluding carboxylic acids is 1. The van der Waals surface area contributed by atoms with Gasteiger partial charge in [0.25, 0.3) is 0 Å². The van der Waals surface area contributed by atoms with Crippen LogP contribution in [-0.2, 0) is 0 Å². The third kappa shape index (κ3) is 4.01. The molecule has 0 N–H and O–H groups in total. The Morgan fingerprint density at radius 1 is 1.36 bits per heavy atom. The molecule has 3 heteroatoms. The van der Waals surface area contributed by atoms with Crippen LogP contribution in [-0.4, -0.2) is 10.9 Å². The Kier molecular flexibility index (Phi) is 4.80. The molecule has 1 unspecified atom stereocenters. The molecular formula is C11H12BrFO. The summed E-state index contributed by atoms with van der Waals surface area (Å²) in [7, 11) is 0. The molecule has 0 aliphatic carbocycles. The number of hydrogen-bond acceptors (Lipinski definition) is 1. The van der Waals surface area contributed by atoms with Crippen LogP contribution < -0.4 is 0 Å². The molecule has 76 valence electrons. The van der Waals surface area contributed by atoms with Crippen LogP contribution in [0.25, 0.3) is 0 Å². The van der Waals surface area contributed by atoms with Gasteiger partial charge < -0.3 is 0 Å². The molecule has 0 amide bonds. The van der Waals surface area contributed by atoms with E-state index in [9.17, 15) is 9.18 Å². The Hall–Kier alpha value is -0.700. The van der Waals surface area contributed by atoms with Crippen molar-refractivity contribution in [3.63, 3.8) is 0 Å². The highest BCUT2D eigenvalue weighted by Crippen LogP contribution is 2.12. The Morgan fingerprint density at radius 3 is 2.57 bits per heavy atom. The summed E-state index contributed by atoms with van der Waals surface area (Å²) >= 11 is 2.80. The van der Waals surface area contributed by atoms with Crippen molar-refractivity contribution in [3.8, 4) is 0 Å². The van der Waals surface area contributed by atoms with Gasteiger partial charge in [0.15, 0.2) is 10.9 Å². The Bertz CT molecular complexity index is 285. The van der Waals surface area contributed by atoms with Gasteiger partial charge in [-0.15, -0.1) is 0 Å². The lowest BCUT2D eigenvalue weighted by Crippen LogP contribution is -1.99. The van der Waals surface area contributed by atoms with Crippen LogP contribution in [0.5, 0.6) is 0 Å². The van der Waals surface area contributed by atoms with E-state index in [2.05, 4.69) is 15.9 Å². The summed E-state index contributed by atoms with van der Waals surface area (Å²) < 4.78 is 12.4. The number of Topliss-reactive ketones (excluding diaryl/α,β-unsaturated/α-hetero) is 1. The predicted molar refractivity (Wildman–Crippen MR) is 58.4 cm³/mol. The van der Waals surface area contributed by atoms with Gasteiger partial charge in [-0.2, -0.15) is 0 Å². The van der Waals surface area contributed by atoms with Crippen molar-refractivity contribution >= 4 is 21.7 Å². The normalized spacial score (nSPS) is 12.4. The van der Waals surface area contributed by atoms with Gasteiger partial charge in [-0.05, 0) is 12.8 Å². The quantitative estimate of drug-likeness (QED) is 0.581. The second-order valence-electron chi connectivity index (χ2n) is 3.07. The number of carbonyl (C=O) groups is 1. The fraction of sp³-hybridized carbons (Fsp3) is 0.364. The van der Waals surface area contributed by atoms with E-state index in [1.54, 1.807) is 12.1 Å². The van der Waals surface area contributed by atoms with Gasteiger partial charge in [0.05, 0.1) is 0 Å². The number of hydrogen-bond donors (Lipinski definition) is 0. The number of ketones is 1. The van der Waals surface area contributed by atoms with E-state index < -0.39 is 5.08 Å². The van der Waals surface area contributed by atoms with Crippen LogP contribution in [0.1, 0.15) is 29.6 Å². The summed E-state index contributed by atoms with van der Waals surface area (Å²) in [5.41, 5.74) is 0.706. The van der Waals surface area contributed by atoms with E-state index in [0.29, 0.717) is 24.8 Å². The molecule has 0 radical (unpaired) electrons. The van der Waals surface area contributed by atoms with E-state index in [1.165, 1.54) is 0 Å². The number of rotatable bonds is 5. The molecule has 0 spiro atoms. The van der Waals surface area contributed by atoms with Crippen LogP contribution in [0.2, 0.25) is 0 Å². The van der Waals surface area contributed by atoms with Gasteiger partial charge in [-0.25, -0.2) is 4.39 Å². The van der Waals surface area contributed by atoms with Crippen molar-refractivity contribution in [2.75, 3.05) is 0 Å². The van der Waals surface area contributed by atoms with Crippen molar-refractivity contribution in [2.24, 2.45) is 0 Å². The SMILES string of the molecule is O=C(CCCC(F)Br)c1ccccc1. The molecule has 0 aliphatic rings. The zero-order valence-electron chi connectivity index (χ0n) is 7.75. The minimum Gasteiger partial charge on any atom is -0.294 e. The minimum absolute atomic E-state index is 0.0822. The standard InChI is InChI=1S/C11H12BrFO/c12-11(13)8-4-7-10(14)9-5-2-1-3-6-9/h1-3,5-6,11H,4,7-8H2. The molecule has 0 saturated heterocycles. The first-order valence-corrected chi connectivity index (χ1v) is 5.48. The number of alkyl halides is 2. The first-order chi connectivity index (χ1) is 6.70. The summed E-state index contributed by atoms with van der Waals surface area (Å²) in [6.07, 6.45) is 1.38. The molecule has 0 aliphatic heterocycles. The summed E-state index contributed by atoms with van der Waals surface area (Å²) in [4.78, 5) is 11.5. The summed E-state index contributed by atoms with van der Waals surface area (Å²) in [5, 5.41) is -0.994. The molecule has 0 fully saturated rings. The molecule has 0 heterocycles. The largest absolute Gasteiger partial charge is 0.294 e. The van der Waals surface area contributed by atoms with Gasteiger partial charge >= 0.3 is 0 Å². The Labute approximate surface area is 91.5 Å². The average Bonchev–Trinajstić information content (AvgIpc) is 2.18. The second-order valence-corrected chi connectivity index (χ2v) is 4.07. The maximum Gasteiger partial charge on any atom is 0.162 e. The lowest BCUT2D eigenvalue weighted by Gasteiger charge is -2.00. The topological polar surface area (TPSA) is 17.1 Å². The zero-order chi connectivity index (χ0) is 10.4. The van der Waals surface area contributed by atoms with Crippen LogP contribution >= 0.6 is 15.9 Å². The lowest BCUT2D eigenvalue weighted by molar-refractivity contribution is 0.0978. The molecule has 0 saturated carbocycles. The smallest absolute Gasteiger partial charge is 0.162 e. The van der Waals surface area contributed by atoms with Crippen molar-refractivity contribution in [1.82, 2.24) is 0 Å². The van der Waals surface area contributed by atoms with Crippen LogP contribution in [0.3, 0.4) is 0 Å². The van der Waals surface area contributed by atoms with Crippen molar-refractivity contribution in [3.05, 3.63) is 35.9 Å². The van der Waals surface area contributed by atoms with Gasteiger partial charge in [-0.3, -0.25) is 4.79 Å². The first-order valence-electron chi connectivity index (χ1n) is 4.56. The third-order valence-corrected chi connectivity index (χ3v) is 2.38. The van der Waals surface area contributed by atoms with Crippen molar-refractivity contribution in [1.29, 1.82) is 0 Å². The summed E-state index contributed by atoms with van der Waals surface area (Å²) in [6.45, 7) is 0. The Balaban J connectivity index is 2.36. The summed E-state index contributed by atoms with van der Waals surface area (Å²) in [6, 6.07) is 9.09. The van der Waals surface area contributed by atoms with Gasteiger partial charge in [-0.1, -0.05) is 46.3 Å². The number of benzene rings is 1. The molecule has 1 nitrogen and oxygen atoms in total. The van der Waals surface area contributed by atoms with E-state index in [-0.39, 0.29) is 5.78 Å². The molecular weight excluding hydrogens is 247 g/mol. The molecule has 0 bridgehead atoms. The summed E-state index contributed by atoms with van der Waals surface area (Å²) in [5.74, 6) is 0.0822. The van der Waals surface area contributed by atoms with E-state index >= 15 is 0 Å². The van der Waals surface area contributed by atoms with E-state index in [1.807, 2.05) is 18.2 Å². The van der Waals surface area contributed by atoms with E-state index in [4.69, 9.17) is 0 Å². The predicted octanol–water partition coefficient (Wildman–Crippen LogP) is 3.73. The second kappa shape index (κ2) is 5.91. The molecule has 1 rings (SSSR count). The fourth-order valence-electron chi connectivity index (χ4n) is 1.19. The molecule has 1 aromatic carbocycles. The van der Waals surface area contributed by atoms with E-state index in [0.717, 1.165) is 0 Å². The highest BCUT2D eigenvalue weighted by atomic mass is 79.9. The third-order valence-electron chi connectivity index (χ3n) is 1.92. The molecule has 1 aromatic rings. The maximum atomic E-state index is 12.4. The zero-order valence-corrected chi connectivity index (χ0v) is 9.34. The Morgan fingerprint density at radius 2 is 2.00 bits per heavy atom. The van der Waals surface area contributed by atoms with Gasteiger partial charge in [0.1, 0.15) is 0 Å². The molecule has 1 atom stereocenters. The highest BCUT2D eigenvalue weighted by molar-refractivity contribution is 9.09. The first kappa shape index (κ1) is 11.4. The maximum absolute atomic E-state index is 12.4.